The van der Waals surface area contributed by atoms with Gasteiger partial charge < -0.3 is 15.5 Å². The van der Waals surface area contributed by atoms with Gasteiger partial charge in [0.25, 0.3) is 0 Å². The zero-order valence-corrected chi connectivity index (χ0v) is 14.7. The summed E-state index contributed by atoms with van der Waals surface area (Å²) in [6.07, 6.45) is 2.67. The van der Waals surface area contributed by atoms with E-state index in [0.29, 0.717) is 11.4 Å². The summed E-state index contributed by atoms with van der Waals surface area (Å²) in [6, 6.07) is 8.03. The number of nitrogens with one attached hydrogen (secondary N) is 1. The van der Waals surface area contributed by atoms with Gasteiger partial charge in [-0.3, -0.25) is 4.79 Å². The second kappa shape index (κ2) is 6.76. The molecule has 0 aliphatic heterocycles. The fourth-order valence-electron chi connectivity index (χ4n) is 2.95. The Morgan fingerprint density at radius 3 is 2.82 bits per heavy atom. The molecule has 0 saturated carbocycles. The topological polar surface area (TPSA) is 98.8 Å². The van der Waals surface area contributed by atoms with Crippen molar-refractivity contribution in [3.05, 3.63) is 76.5 Å². The van der Waals surface area contributed by atoms with Gasteiger partial charge in [0.15, 0.2) is 17.4 Å². The maximum Gasteiger partial charge on any atom is 0.248 e. The number of aromatic nitrogens is 4. The third kappa shape index (κ3) is 3.18. The molecule has 28 heavy (non-hydrogen) atoms. The first-order valence-corrected chi connectivity index (χ1v) is 8.37. The minimum Gasteiger partial charge on any atom is -0.481 e. The van der Waals surface area contributed by atoms with E-state index in [9.17, 15) is 13.6 Å². The molecular weight excluding hydrogens is 368 g/mol. The van der Waals surface area contributed by atoms with E-state index in [0.717, 1.165) is 12.1 Å². The summed E-state index contributed by atoms with van der Waals surface area (Å²) in [6.45, 7) is 1.70. The van der Waals surface area contributed by atoms with Crippen LogP contribution in [0.15, 0.2) is 53.6 Å². The van der Waals surface area contributed by atoms with Gasteiger partial charge in [0.05, 0.1) is 11.4 Å². The maximum absolute atomic E-state index is 13.9. The van der Waals surface area contributed by atoms with Gasteiger partial charge >= 0.3 is 0 Å². The van der Waals surface area contributed by atoms with Crippen molar-refractivity contribution < 1.29 is 13.5 Å². The van der Waals surface area contributed by atoms with Crippen molar-refractivity contribution in [2.45, 2.75) is 13.0 Å². The molecule has 3 aromatic heterocycles. The standard InChI is InChI=1S/C19H15F2N5O2/c1-10(17-14(3-4-16(27)24-17)26-6-2-5-23-26)28-15-8-11-7-12(20)9-13(21)18(11)25-19(15)22/h2-10H,1H3,(H2,22,25)(H,24,27)/t10-/m0/s1. The molecule has 142 valence electrons. The van der Waals surface area contributed by atoms with Gasteiger partial charge in [-0.1, -0.05) is 0 Å². The monoisotopic (exact) mass is 383 g/mol. The SMILES string of the molecule is C[C@H](Oc1cc2cc(F)cc(F)c2nc1N)c1[nH]c(=O)ccc1-n1cccn1. The lowest BCUT2D eigenvalue weighted by Gasteiger charge is -2.19. The molecule has 4 rings (SSSR count). The Bertz CT molecular complexity index is 1220. The first-order valence-electron chi connectivity index (χ1n) is 8.37. The molecule has 1 atom stereocenters. The first kappa shape index (κ1) is 17.7. The number of pyridine rings is 2. The molecule has 0 amide bonds. The van der Waals surface area contributed by atoms with E-state index in [4.69, 9.17) is 10.5 Å². The Morgan fingerprint density at radius 1 is 1.25 bits per heavy atom. The van der Waals surface area contributed by atoms with E-state index in [1.165, 1.54) is 12.1 Å². The zero-order valence-electron chi connectivity index (χ0n) is 14.7. The Labute approximate surface area is 157 Å². The van der Waals surface area contributed by atoms with E-state index in [2.05, 4.69) is 15.1 Å². The largest absolute Gasteiger partial charge is 0.481 e. The fourth-order valence-corrected chi connectivity index (χ4v) is 2.95. The number of aromatic amines is 1. The number of anilines is 1. The van der Waals surface area contributed by atoms with Crippen LogP contribution >= 0.6 is 0 Å². The molecule has 0 radical (unpaired) electrons. The van der Waals surface area contributed by atoms with Crippen LogP contribution in [-0.4, -0.2) is 19.7 Å². The number of hydrogen-bond donors (Lipinski definition) is 2. The number of rotatable bonds is 4. The van der Waals surface area contributed by atoms with Gasteiger partial charge in [-0.2, -0.15) is 5.10 Å². The van der Waals surface area contributed by atoms with Gasteiger partial charge in [0, 0.05) is 29.9 Å². The molecule has 0 unspecified atom stereocenters. The molecule has 0 bridgehead atoms. The van der Waals surface area contributed by atoms with Crippen LogP contribution in [-0.2, 0) is 0 Å². The third-order valence-electron chi connectivity index (χ3n) is 4.22. The molecule has 0 aliphatic rings. The second-order valence-corrected chi connectivity index (χ2v) is 6.16. The summed E-state index contributed by atoms with van der Waals surface area (Å²) in [5, 5.41) is 4.37. The molecule has 4 aromatic rings. The number of H-pyrrole nitrogens is 1. The molecule has 0 fully saturated rings. The summed E-state index contributed by atoms with van der Waals surface area (Å²) in [5.41, 5.74) is 6.61. The second-order valence-electron chi connectivity index (χ2n) is 6.16. The van der Waals surface area contributed by atoms with E-state index < -0.39 is 17.7 Å². The van der Waals surface area contributed by atoms with Gasteiger partial charge in [-0.05, 0) is 31.2 Å². The zero-order chi connectivity index (χ0) is 19.8. The number of hydrogen-bond acceptors (Lipinski definition) is 5. The van der Waals surface area contributed by atoms with Crippen molar-refractivity contribution in [3.8, 4) is 11.4 Å². The summed E-state index contributed by atoms with van der Waals surface area (Å²) in [7, 11) is 0. The summed E-state index contributed by atoms with van der Waals surface area (Å²) in [5.74, 6) is -1.46. The molecule has 0 aliphatic carbocycles. The van der Waals surface area contributed by atoms with Crippen molar-refractivity contribution in [1.29, 1.82) is 0 Å². The smallest absolute Gasteiger partial charge is 0.248 e. The van der Waals surface area contributed by atoms with Crippen LogP contribution in [0.2, 0.25) is 0 Å². The molecule has 1 aromatic carbocycles. The lowest BCUT2D eigenvalue weighted by atomic mass is 10.2. The number of nitrogens with zero attached hydrogens (tertiary/aromatic N) is 3. The van der Waals surface area contributed by atoms with E-state index in [-0.39, 0.29) is 28.0 Å². The molecule has 3 heterocycles. The summed E-state index contributed by atoms with van der Waals surface area (Å²) >= 11 is 0. The Balaban J connectivity index is 1.75. The highest BCUT2D eigenvalue weighted by Gasteiger charge is 2.18. The lowest BCUT2D eigenvalue weighted by Crippen LogP contribution is -2.17. The van der Waals surface area contributed by atoms with Crippen LogP contribution in [0.4, 0.5) is 14.6 Å². The summed E-state index contributed by atoms with van der Waals surface area (Å²) in [4.78, 5) is 18.5. The predicted molar refractivity (Wildman–Crippen MR) is 99.3 cm³/mol. The first-order chi connectivity index (χ1) is 13.4. The predicted octanol–water partition coefficient (Wildman–Crippen LogP) is 3.11. The van der Waals surface area contributed by atoms with Crippen LogP contribution in [0.5, 0.6) is 5.75 Å². The average Bonchev–Trinajstić information content (AvgIpc) is 3.17. The van der Waals surface area contributed by atoms with Crippen molar-refractivity contribution in [1.82, 2.24) is 19.7 Å². The highest BCUT2D eigenvalue weighted by atomic mass is 19.1. The van der Waals surface area contributed by atoms with Gasteiger partial charge in [0.2, 0.25) is 5.56 Å². The van der Waals surface area contributed by atoms with Crippen molar-refractivity contribution in [2.75, 3.05) is 5.73 Å². The lowest BCUT2D eigenvalue weighted by molar-refractivity contribution is 0.222. The fraction of sp³-hybridized carbons (Fsp3) is 0.105. The van der Waals surface area contributed by atoms with Crippen molar-refractivity contribution in [2.24, 2.45) is 0 Å². The maximum atomic E-state index is 13.9. The van der Waals surface area contributed by atoms with Gasteiger partial charge in [-0.25, -0.2) is 18.4 Å². The van der Waals surface area contributed by atoms with Crippen molar-refractivity contribution >= 4 is 16.7 Å². The van der Waals surface area contributed by atoms with Gasteiger partial charge in [0.1, 0.15) is 17.4 Å². The van der Waals surface area contributed by atoms with E-state index in [1.54, 1.807) is 36.1 Å². The number of benzene rings is 1. The molecule has 0 saturated heterocycles. The van der Waals surface area contributed by atoms with Crippen LogP contribution in [0.3, 0.4) is 0 Å². The highest BCUT2D eigenvalue weighted by Crippen LogP contribution is 2.31. The van der Waals surface area contributed by atoms with Gasteiger partial charge in [-0.15, -0.1) is 0 Å². The quantitative estimate of drug-likeness (QED) is 0.564. The van der Waals surface area contributed by atoms with E-state index in [1.807, 2.05) is 0 Å². The minimum atomic E-state index is -0.811. The average molecular weight is 383 g/mol. The Hall–Kier alpha value is -3.75. The molecule has 7 nitrogen and oxygen atoms in total. The number of halogens is 2. The molecule has 3 N–H and O–H groups in total. The Kier molecular flexibility index (Phi) is 4.26. The Morgan fingerprint density at radius 2 is 2.07 bits per heavy atom. The van der Waals surface area contributed by atoms with E-state index >= 15 is 0 Å². The van der Waals surface area contributed by atoms with Crippen LogP contribution in [0.1, 0.15) is 18.7 Å². The number of nitrogens with two attached hydrogens (primary N) is 1. The normalized spacial score (nSPS) is 12.2. The molecular formula is C19H15F2N5O2. The number of fused-ring (bicyclic) bond motifs is 1. The van der Waals surface area contributed by atoms with Crippen molar-refractivity contribution in [3.63, 3.8) is 0 Å². The number of nitrogen functional groups attached to an aromatic ring is 1. The summed E-state index contributed by atoms with van der Waals surface area (Å²) < 4.78 is 34.9. The molecule has 0 spiro atoms. The third-order valence-corrected chi connectivity index (χ3v) is 4.22. The minimum absolute atomic E-state index is 0.0516. The van der Waals surface area contributed by atoms with Crippen LogP contribution in [0.25, 0.3) is 16.6 Å². The number of ether oxygens (including phenoxy) is 1. The van der Waals surface area contributed by atoms with Crippen LogP contribution < -0.4 is 16.0 Å². The highest BCUT2D eigenvalue weighted by molar-refractivity contribution is 5.83. The van der Waals surface area contributed by atoms with Crippen LogP contribution in [0, 0.1) is 11.6 Å². The molecule has 9 heteroatoms.